The van der Waals surface area contributed by atoms with Crippen LogP contribution in [0.5, 0.6) is 11.5 Å². The van der Waals surface area contributed by atoms with Crippen LogP contribution in [0.4, 0.5) is 4.79 Å². The van der Waals surface area contributed by atoms with Crippen LogP contribution >= 0.6 is 0 Å². The van der Waals surface area contributed by atoms with E-state index in [1.165, 1.54) is 24.8 Å². The Morgan fingerprint density at radius 3 is 2.33 bits per heavy atom. The molecule has 0 saturated heterocycles. The zero-order valence-corrected chi connectivity index (χ0v) is 15.7. The quantitative estimate of drug-likeness (QED) is 0.359. The molecule has 0 saturated carbocycles. The maximum atomic E-state index is 12.0. The highest BCUT2D eigenvalue weighted by Crippen LogP contribution is 2.21. The molecule has 0 amide bonds. The molecule has 4 heteroatoms. The van der Waals surface area contributed by atoms with Gasteiger partial charge in [0.15, 0.2) is 0 Å². The lowest BCUT2D eigenvalue weighted by Gasteiger charge is -2.07. The van der Waals surface area contributed by atoms with Crippen LogP contribution in [0.1, 0.15) is 31.7 Å². The van der Waals surface area contributed by atoms with Crippen molar-refractivity contribution in [3.63, 3.8) is 0 Å². The van der Waals surface area contributed by atoms with Gasteiger partial charge in [0.05, 0.1) is 6.54 Å². The van der Waals surface area contributed by atoms with Gasteiger partial charge < -0.3 is 14.8 Å². The number of carbonyl (C=O) groups is 1. The highest BCUT2D eigenvalue weighted by molar-refractivity contribution is 5.84. The smallest absolute Gasteiger partial charge is 0.395 e. The van der Waals surface area contributed by atoms with Gasteiger partial charge in [-0.25, -0.2) is 4.79 Å². The van der Waals surface area contributed by atoms with Gasteiger partial charge in [0.1, 0.15) is 18.0 Å². The van der Waals surface area contributed by atoms with E-state index in [0.717, 1.165) is 23.9 Å². The summed E-state index contributed by atoms with van der Waals surface area (Å²) < 4.78 is 10.6. The number of carbonyl (C=O) groups excluding carboxylic acids is 1. The number of rotatable bonds is 8. The van der Waals surface area contributed by atoms with E-state index in [9.17, 15) is 4.79 Å². The van der Waals surface area contributed by atoms with Gasteiger partial charge in [0.2, 0.25) is 0 Å². The predicted octanol–water partition coefficient (Wildman–Crippen LogP) is 4.67. The molecule has 140 valence electrons. The topological polar surface area (TPSA) is 52.1 Å². The molecule has 0 heterocycles. The highest BCUT2D eigenvalue weighted by Gasteiger charge is 2.09. The third kappa shape index (κ3) is 5.83. The summed E-state index contributed by atoms with van der Waals surface area (Å²) in [5.41, 5.74) is 1.21. The lowest BCUT2D eigenvalue weighted by atomic mass is 10.1. The molecular weight excluding hydrogens is 338 g/mol. The van der Waals surface area contributed by atoms with Crippen LogP contribution in [0.25, 0.3) is 10.8 Å². The van der Waals surface area contributed by atoms with Crippen molar-refractivity contribution in [1.82, 2.24) is 0 Å². The van der Waals surface area contributed by atoms with E-state index in [1.807, 2.05) is 48.5 Å². The number of hydrogen-bond donors (Lipinski definition) is 1. The van der Waals surface area contributed by atoms with Gasteiger partial charge in [0, 0.05) is 5.56 Å². The third-order valence-electron chi connectivity index (χ3n) is 4.44. The lowest BCUT2D eigenvalue weighted by molar-refractivity contribution is -0.671. The van der Waals surface area contributed by atoms with Crippen LogP contribution in [0.15, 0.2) is 66.7 Å². The fraction of sp³-hybridized carbons (Fsp3) is 0.261. The van der Waals surface area contributed by atoms with Gasteiger partial charge in [-0.3, -0.25) is 0 Å². The van der Waals surface area contributed by atoms with Gasteiger partial charge in [-0.1, -0.05) is 43.7 Å². The normalized spacial score (nSPS) is 10.7. The van der Waals surface area contributed by atoms with E-state index in [0.29, 0.717) is 11.5 Å². The largest absolute Gasteiger partial charge is 0.519 e. The molecule has 3 aromatic rings. The minimum Gasteiger partial charge on any atom is -0.395 e. The Morgan fingerprint density at radius 2 is 1.56 bits per heavy atom. The summed E-state index contributed by atoms with van der Waals surface area (Å²) in [5.74, 6) is 0.951. The number of quaternary nitrogens is 1. The van der Waals surface area contributed by atoms with E-state index in [1.54, 1.807) is 18.2 Å². The van der Waals surface area contributed by atoms with Crippen molar-refractivity contribution >= 4 is 16.9 Å². The Labute approximate surface area is 160 Å². The number of hydrogen-bond acceptors (Lipinski definition) is 3. The van der Waals surface area contributed by atoms with Crippen molar-refractivity contribution < 1.29 is 19.6 Å². The van der Waals surface area contributed by atoms with Gasteiger partial charge in [-0.05, 0) is 60.0 Å². The predicted molar refractivity (Wildman–Crippen MR) is 107 cm³/mol. The number of nitrogens with two attached hydrogens (primary N) is 1. The van der Waals surface area contributed by atoms with Crippen molar-refractivity contribution in [2.45, 2.75) is 32.7 Å². The summed E-state index contributed by atoms with van der Waals surface area (Å²) in [6.07, 6.45) is 3.04. The second-order valence-corrected chi connectivity index (χ2v) is 6.60. The molecule has 0 aliphatic rings. The fourth-order valence-electron chi connectivity index (χ4n) is 2.95. The summed E-state index contributed by atoms with van der Waals surface area (Å²) in [6.45, 7) is 4.29. The standard InChI is InChI=1S/C23H25NO3/c1-2-3-6-15-24-17-18-9-12-21(13-10-18)26-23(25)27-22-14-11-19-7-4-5-8-20(19)16-22/h4-5,7-14,16,24H,2-3,6,15,17H2,1H3/p+1. The molecule has 27 heavy (non-hydrogen) atoms. The Morgan fingerprint density at radius 1 is 0.852 bits per heavy atom. The molecule has 0 radical (unpaired) electrons. The van der Waals surface area contributed by atoms with Gasteiger partial charge >= 0.3 is 6.16 Å². The van der Waals surface area contributed by atoms with Gasteiger partial charge in [0.25, 0.3) is 0 Å². The van der Waals surface area contributed by atoms with Crippen LogP contribution in [0.2, 0.25) is 0 Å². The minimum atomic E-state index is -0.732. The minimum absolute atomic E-state index is 0.469. The van der Waals surface area contributed by atoms with Crippen molar-refractivity contribution in [3.05, 3.63) is 72.3 Å². The molecule has 3 rings (SSSR count). The molecule has 0 unspecified atom stereocenters. The second-order valence-electron chi connectivity index (χ2n) is 6.60. The fourth-order valence-corrected chi connectivity index (χ4v) is 2.95. The Bertz CT molecular complexity index is 874. The molecule has 0 spiro atoms. The van der Waals surface area contributed by atoms with Crippen LogP contribution < -0.4 is 14.8 Å². The number of benzene rings is 3. The lowest BCUT2D eigenvalue weighted by Crippen LogP contribution is -2.82. The van der Waals surface area contributed by atoms with Crippen molar-refractivity contribution in [2.24, 2.45) is 0 Å². The molecule has 0 atom stereocenters. The van der Waals surface area contributed by atoms with Gasteiger partial charge in [-0.2, -0.15) is 0 Å². The van der Waals surface area contributed by atoms with Crippen LogP contribution in [0, 0.1) is 0 Å². The monoisotopic (exact) mass is 364 g/mol. The van der Waals surface area contributed by atoms with E-state index in [4.69, 9.17) is 9.47 Å². The SMILES string of the molecule is CCCCC[NH2+]Cc1ccc(OC(=O)Oc2ccc3ccccc3c2)cc1. The maximum Gasteiger partial charge on any atom is 0.519 e. The summed E-state index contributed by atoms with van der Waals surface area (Å²) in [7, 11) is 0. The van der Waals surface area contributed by atoms with Crippen LogP contribution in [0.3, 0.4) is 0 Å². The average Bonchev–Trinajstić information content (AvgIpc) is 2.69. The summed E-state index contributed by atoms with van der Waals surface area (Å²) in [6, 6.07) is 21.0. The number of ether oxygens (including phenoxy) is 2. The first-order chi connectivity index (χ1) is 13.2. The van der Waals surface area contributed by atoms with E-state index in [-0.39, 0.29) is 0 Å². The maximum absolute atomic E-state index is 12.0. The molecule has 0 bridgehead atoms. The van der Waals surface area contributed by atoms with E-state index >= 15 is 0 Å². The third-order valence-corrected chi connectivity index (χ3v) is 4.44. The first kappa shape index (κ1) is 18.9. The van der Waals surface area contributed by atoms with Gasteiger partial charge in [-0.15, -0.1) is 0 Å². The molecule has 0 fully saturated rings. The molecule has 4 nitrogen and oxygen atoms in total. The Hall–Kier alpha value is -2.85. The first-order valence-electron chi connectivity index (χ1n) is 9.53. The van der Waals surface area contributed by atoms with Crippen molar-refractivity contribution in [2.75, 3.05) is 6.54 Å². The number of fused-ring (bicyclic) bond motifs is 1. The van der Waals surface area contributed by atoms with Crippen LogP contribution in [-0.2, 0) is 6.54 Å². The molecule has 2 N–H and O–H groups in total. The summed E-state index contributed by atoms with van der Waals surface area (Å²) in [4.78, 5) is 12.0. The Kier molecular flexibility index (Phi) is 6.83. The van der Waals surface area contributed by atoms with Crippen molar-refractivity contribution in [1.29, 1.82) is 0 Å². The second kappa shape index (κ2) is 9.74. The molecule has 0 aliphatic heterocycles. The zero-order chi connectivity index (χ0) is 18.9. The summed E-state index contributed by atoms with van der Waals surface area (Å²) >= 11 is 0. The highest BCUT2D eigenvalue weighted by atomic mass is 16.7. The molecule has 0 aliphatic carbocycles. The molecule has 3 aromatic carbocycles. The number of unbranched alkanes of at least 4 members (excludes halogenated alkanes) is 2. The molecule has 0 aromatic heterocycles. The van der Waals surface area contributed by atoms with E-state index in [2.05, 4.69) is 12.2 Å². The van der Waals surface area contributed by atoms with Crippen LogP contribution in [-0.4, -0.2) is 12.7 Å². The average molecular weight is 364 g/mol. The van der Waals surface area contributed by atoms with E-state index < -0.39 is 6.16 Å². The summed E-state index contributed by atoms with van der Waals surface area (Å²) in [5, 5.41) is 4.42. The molecular formula is C23H26NO3+. The Balaban J connectivity index is 1.49. The first-order valence-corrected chi connectivity index (χ1v) is 9.53. The van der Waals surface area contributed by atoms with Crippen molar-refractivity contribution in [3.8, 4) is 11.5 Å². The zero-order valence-electron chi connectivity index (χ0n) is 15.7.